The van der Waals surface area contributed by atoms with Gasteiger partial charge in [-0.05, 0) is 55.8 Å². The molecule has 1 aliphatic heterocycles. The predicted octanol–water partition coefficient (Wildman–Crippen LogP) is 6.89. The fourth-order valence-electron chi connectivity index (χ4n) is 3.84. The molecule has 1 amide bonds. The monoisotopic (exact) mass is 588 g/mol. The Labute approximate surface area is 246 Å². The molecule has 0 fully saturated rings. The molecule has 41 heavy (non-hydrogen) atoms. The number of rotatable bonds is 9. The fourth-order valence-corrected chi connectivity index (χ4v) is 5.07. The highest BCUT2D eigenvalue weighted by molar-refractivity contribution is 8.18. The van der Waals surface area contributed by atoms with Gasteiger partial charge in [0, 0.05) is 5.56 Å². The van der Waals surface area contributed by atoms with Gasteiger partial charge in [0.2, 0.25) is 0 Å². The van der Waals surface area contributed by atoms with Crippen LogP contribution < -0.4 is 9.47 Å². The first-order chi connectivity index (χ1) is 19.9. The van der Waals surface area contributed by atoms with Gasteiger partial charge in [0.1, 0.15) is 23.0 Å². The molecule has 0 saturated carbocycles. The van der Waals surface area contributed by atoms with Crippen LogP contribution in [-0.4, -0.2) is 35.2 Å². The lowest BCUT2D eigenvalue weighted by molar-refractivity contribution is -0.138. The Bertz CT molecular complexity index is 1620. The highest BCUT2D eigenvalue weighted by Gasteiger charge is 2.34. The molecule has 4 rings (SSSR count). The number of nitrogens with zero attached hydrogens (tertiary/aromatic N) is 2. The molecule has 1 N–H and O–H groups in total. The van der Waals surface area contributed by atoms with Gasteiger partial charge < -0.3 is 19.3 Å². The van der Waals surface area contributed by atoms with Crippen LogP contribution in [0.2, 0.25) is 5.02 Å². The van der Waals surface area contributed by atoms with Crippen LogP contribution in [-0.2, 0) is 16.1 Å². The zero-order chi connectivity index (χ0) is 29.4. The number of nitriles is 1. The van der Waals surface area contributed by atoms with E-state index in [1.807, 2.05) is 19.1 Å². The first kappa shape index (κ1) is 29.5. The normalized spacial score (nSPS) is 14.7. The maximum atomic E-state index is 12.9. The van der Waals surface area contributed by atoms with Crippen molar-refractivity contribution in [3.8, 4) is 17.6 Å². The van der Waals surface area contributed by atoms with Crippen molar-refractivity contribution in [1.82, 2.24) is 0 Å². The van der Waals surface area contributed by atoms with Crippen LogP contribution in [0.15, 0.2) is 88.0 Å². The minimum Gasteiger partial charge on any atom is -0.506 e. The van der Waals surface area contributed by atoms with Crippen molar-refractivity contribution in [3.05, 3.63) is 110 Å². The molecular formula is C31H25ClN2O6S. The number of halogens is 1. The van der Waals surface area contributed by atoms with Crippen molar-refractivity contribution in [2.45, 2.75) is 20.5 Å². The van der Waals surface area contributed by atoms with E-state index in [4.69, 9.17) is 25.8 Å². The van der Waals surface area contributed by atoms with Gasteiger partial charge in [0.25, 0.3) is 5.91 Å². The summed E-state index contributed by atoms with van der Waals surface area (Å²) in [4.78, 5) is 30.0. The van der Waals surface area contributed by atoms with E-state index in [2.05, 4.69) is 11.1 Å². The molecule has 3 aromatic carbocycles. The third kappa shape index (κ3) is 6.98. The summed E-state index contributed by atoms with van der Waals surface area (Å²) in [7, 11) is 0. The summed E-state index contributed by atoms with van der Waals surface area (Å²) in [5.41, 5.74) is 1.86. The van der Waals surface area contributed by atoms with Crippen molar-refractivity contribution in [2.24, 2.45) is 4.99 Å². The second-order valence-corrected chi connectivity index (χ2v) is 9.89. The van der Waals surface area contributed by atoms with Gasteiger partial charge >= 0.3 is 5.97 Å². The van der Waals surface area contributed by atoms with Crippen LogP contribution in [0.1, 0.15) is 40.9 Å². The second kappa shape index (κ2) is 13.7. The molecule has 3 aromatic rings. The topological polar surface area (TPSA) is 118 Å². The Balaban J connectivity index is 1.65. The number of amides is 1. The van der Waals surface area contributed by atoms with E-state index < -0.39 is 11.9 Å². The van der Waals surface area contributed by atoms with Gasteiger partial charge in [-0.3, -0.25) is 4.79 Å². The summed E-state index contributed by atoms with van der Waals surface area (Å²) < 4.78 is 16.9. The lowest BCUT2D eigenvalue weighted by Gasteiger charge is -2.13. The Hall–Kier alpha value is -4.52. The molecule has 0 atom stereocenters. The minimum atomic E-state index is -0.803. The minimum absolute atomic E-state index is 0.00161. The van der Waals surface area contributed by atoms with Crippen LogP contribution >= 0.6 is 23.4 Å². The third-order valence-electron chi connectivity index (χ3n) is 5.76. The fraction of sp³-hybridized carbons (Fsp3) is 0.161. The zero-order valence-corrected chi connectivity index (χ0v) is 23.8. The Morgan fingerprint density at radius 2 is 1.78 bits per heavy atom. The van der Waals surface area contributed by atoms with Crippen molar-refractivity contribution >= 4 is 46.4 Å². The van der Waals surface area contributed by atoms with E-state index in [1.54, 1.807) is 61.5 Å². The van der Waals surface area contributed by atoms with Gasteiger partial charge in [-0.1, -0.05) is 59.8 Å². The first-order valence-corrected chi connectivity index (χ1v) is 13.8. The quantitative estimate of drug-likeness (QED) is 0.268. The van der Waals surface area contributed by atoms with Gasteiger partial charge in [0.05, 0.1) is 40.3 Å². The van der Waals surface area contributed by atoms with Crippen LogP contribution in [0, 0.1) is 11.3 Å². The lowest BCUT2D eigenvalue weighted by Crippen LogP contribution is -2.14. The van der Waals surface area contributed by atoms with E-state index in [0.29, 0.717) is 29.2 Å². The molecule has 208 valence electrons. The van der Waals surface area contributed by atoms with Crippen LogP contribution in [0.5, 0.6) is 11.5 Å². The summed E-state index contributed by atoms with van der Waals surface area (Å²) in [6, 6.07) is 20.9. The SMILES string of the molecule is CCOC(=O)C1=C(O)/C(=C/c2ccc(OCc3ccccc3C#N)c(OCC)c2)SC1=NC(=O)c1ccccc1Cl. The van der Waals surface area contributed by atoms with Crippen LogP contribution in [0.3, 0.4) is 0 Å². The molecule has 1 heterocycles. The van der Waals surface area contributed by atoms with Crippen molar-refractivity contribution in [2.75, 3.05) is 13.2 Å². The molecule has 0 spiro atoms. The summed E-state index contributed by atoms with van der Waals surface area (Å²) in [6.45, 7) is 4.09. The Kier molecular flexibility index (Phi) is 9.85. The molecule has 0 aromatic heterocycles. The van der Waals surface area contributed by atoms with Gasteiger partial charge in [0.15, 0.2) is 11.5 Å². The lowest BCUT2D eigenvalue weighted by atomic mass is 10.1. The van der Waals surface area contributed by atoms with Crippen LogP contribution in [0.4, 0.5) is 0 Å². The number of ether oxygens (including phenoxy) is 3. The average molecular weight is 589 g/mol. The molecule has 0 saturated heterocycles. The smallest absolute Gasteiger partial charge is 0.344 e. The number of aliphatic hydroxyl groups is 1. The van der Waals surface area contributed by atoms with E-state index in [0.717, 1.165) is 17.3 Å². The molecule has 1 aliphatic rings. The molecule has 10 heteroatoms. The second-order valence-electron chi connectivity index (χ2n) is 8.45. The van der Waals surface area contributed by atoms with Crippen LogP contribution in [0.25, 0.3) is 6.08 Å². The largest absolute Gasteiger partial charge is 0.506 e. The molecule has 0 unspecified atom stereocenters. The number of benzene rings is 3. The van der Waals surface area contributed by atoms with Gasteiger partial charge in [-0.15, -0.1) is 0 Å². The Morgan fingerprint density at radius 1 is 1.02 bits per heavy atom. The van der Waals surface area contributed by atoms with Gasteiger partial charge in [-0.2, -0.15) is 5.26 Å². The number of hydrogen-bond acceptors (Lipinski definition) is 8. The molecule has 0 bridgehead atoms. The molecular weight excluding hydrogens is 564 g/mol. The van der Waals surface area contributed by atoms with E-state index in [-0.39, 0.29) is 45.1 Å². The van der Waals surface area contributed by atoms with Crippen molar-refractivity contribution in [1.29, 1.82) is 5.26 Å². The predicted molar refractivity (Wildman–Crippen MR) is 158 cm³/mol. The van der Waals surface area contributed by atoms with Gasteiger partial charge in [-0.25, -0.2) is 9.79 Å². The number of hydrogen-bond donors (Lipinski definition) is 1. The Morgan fingerprint density at radius 3 is 2.51 bits per heavy atom. The third-order valence-corrected chi connectivity index (χ3v) is 7.11. The number of carbonyl (C=O) groups is 2. The van der Waals surface area contributed by atoms with Crippen molar-refractivity contribution < 1.29 is 28.9 Å². The maximum Gasteiger partial charge on any atom is 0.344 e. The van der Waals surface area contributed by atoms with E-state index >= 15 is 0 Å². The van der Waals surface area contributed by atoms with E-state index in [1.165, 1.54) is 6.07 Å². The number of aliphatic imine (C=N–C) groups is 1. The molecule has 8 nitrogen and oxygen atoms in total. The summed E-state index contributed by atoms with van der Waals surface area (Å²) in [5.74, 6) is -0.892. The standard InChI is InChI=1S/C31H25ClN2O6S/c1-3-38-25-15-19(13-14-24(25)40-18-21-10-6-5-9-20(21)17-33)16-26-28(35)27(31(37)39-4-2)30(41-26)34-29(36)22-11-7-8-12-23(22)32/h5-16,35H,3-4,18H2,1-2H3/b26-16-,34-30?. The molecule has 0 radical (unpaired) electrons. The number of aliphatic hydroxyl groups excluding tert-OH is 1. The number of carbonyl (C=O) groups excluding carboxylic acids is 2. The number of thioether (sulfide) groups is 1. The average Bonchev–Trinajstić information content (AvgIpc) is 3.27. The first-order valence-electron chi connectivity index (χ1n) is 12.6. The maximum absolute atomic E-state index is 12.9. The number of esters is 1. The summed E-state index contributed by atoms with van der Waals surface area (Å²) in [6.07, 6.45) is 1.64. The summed E-state index contributed by atoms with van der Waals surface area (Å²) in [5, 5.41) is 20.5. The highest BCUT2D eigenvalue weighted by atomic mass is 35.5. The summed E-state index contributed by atoms with van der Waals surface area (Å²) >= 11 is 7.11. The van der Waals surface area contributed by atoms with E-state index in [9.17, 15) is 20.0 Å². The molecule has 0 aliphatic carbocycles. The zero-order valence-electron chi connectivity index (χ0n) is 22.2. The highest BCUT2D eigenvalue weighted by Crippen LogP contribution is 2.40. The van der Waals surface area contributed by atoms with Crippen molar-refractivity contribution in [3.63, 3.8) is 0 Å².